The van der Waals surface area contributed by atoms with Crippen molar-refractivity contribution in [3.63, 3.8) is 0 Å². The van der Waals surface area contributed by atoms with E-state index in [2.05, 4.69) is 14.9 Å². The van der Waals surface area contributed by atoms with Gasteiger partial charge in [-0.15, -0.1) is 0 Å². The number of sulfonamides is 1. The third kappa shape index (κ3) is 5.08. The van der Waals surface area contributed by atoms with E-state index in [0.717, 1.165) is 49.3 Å². The first-order valence-corrected chi connectivity index (χ1v) is 11.9. The molecule has 1 fully saturated rings. The number of anilines is 2. The number of nitrogens with zero attached hydrogens (tertiary/aromatic N) is 1. The number of amides is 1. The van der Waals surface area contributed by atoms with Gasteiger partial charge in [0.15, 0.2) is 0 Å². The molecule has 0 spiro atoms. The van der Waals surface area contributed by atoms with Crippen molar-refractivity contribution in [2.45, 2.75) is 24.3 Å². The number of carbonyl (C=O) groups excluding carboxylic acids is 1. The Morgan fingerprint density at radius 2 is 1.62 bits per heavy atom. The predicted molar refractivity (Wildman–Crippen MR) is 123 cm³/mol. The van der Waals surface area contributed by atoms with Gasteiger partial charge in [-0.05, 0) is 60.9 Å². The monoisotopic (exact) mass is 453 g/mol. The summed E-state index contributed by atoms with van der Waals surface area (Å²) in [6, 6.07) is 19.1. The van der Waals surface area contributed by atoms with E-state index in [1.165, 1.54) is 12.1 Å². The molecule has 0 radical (unpaired) electrons. The quantitative estimate of drug-likeness (QED) is 0.563. The fourth-order valence-electron chi connectivity index (χ4n) is 3.72. The second-order valence-electron chi connectivity index (χ2n) is 7.65. The maximum absolute atomic E-state index is 13.2. The van der Waals surface area contributed by atoms with E-state index in [9.17, 15) is 17.6 Å². The van der Waals surface area contributed by atoms with Gasteiger partial charge >= 0.3 is 0 Å². The van der Waals surface area contributed by atoms with Crippen LogP contribution in [0.2, 0.25) is 0 Å². The topological polar surface area (TPSA) is 78.5 Å². The first-order chi connectivity index (χ1) is 15.4. The Kier molecular flexibility index (Phi) is 6.41. The van der Waals surface area contributed by atoms with Crippen molar-refractivity contribution < 1.29 is 17.6 Å². The van der Waals surface area contributed by atoms with Crippen LogP contribution in [0.4, 0.5) is 15.8 Å². The number of hydrogen-bond acceptors (Lipinski definition) is 4. The minimum atomic E-state index is -3.92. The predicted octanol–water partition coefficient (Wildman–Crippen LogP) is 4.16. The number of halogens is 1. The van der Waals surface area contributed by atoms with Crippen molar-refractivity contribution in [3.8, 4) is 0 Å². The van der Waals surface area contributed by atoms with Gasteiger partial charge in [0.1, 0.15) is 5.82 Å². The molecule has 1 saturated heterocycles. The summed E-state index contributed by atoms with van der Waals surface area (Å²) in [6.45, 7) is 2.06. The average Bonchev–Trinajstić information content (AvgIpc) is 3.33. The molecular weight excluding hydrogens is 429 g/mol. The van der Waals surface area contributed by atoms with Gasteiger partial charge in [0.25, 0.3) is 15.9 Å². The SMILES string of the molecule is O=C(NCc1ccccc1)c1cc(NS(=O)(=O)c2ccc(F)cc2)ccc1N1CCCC1. The van der Waals surface area contributed by atoms with Gasteiger partial charge in [0, 0.05) is 31.0 Å². The number of benzene rings is 3. The zero-order chi connectivity index (χ0) is 22.6. The van der Waals surface area contributed by atoms with E-state index in [1.54, 1.807) is 18.2 Å². The van der Waals surface area contributed by atoms with Gasteiger partial charge in [-0.1, -0.05) is 30.3 Å². The summed E-state index contributed by atoms with van der Waals surface area (Å²) in [5.74, 6) is -0.796. The molecule has 0 aliphatic carbocycles. The summed E-state index contributed by atoms with van der Waals surface area (Å²) in [4.78, 5) is 15.1. The van der Waals surface area contributed by atoms with E-state index >= 15 is 0 Å². The summed E-state index contributed by atoms with van der Waals surface area (Å²) < 4.78 is 41.1. The molecule has 0 aromatic heterocycles. The summed E-state index contributed by atoms with van der Waals surface area (Å²) >= 11 is 0. The lowest BCUT2D eigenvalue weighted by molar-refractivity contribution is 0.0951. The molecule has 32 heavy (non-hydrogen) atoms. The summed E-state index contributed by atoms with van der Waals surface area (Å²) in [5, 5.41) is 2.92. The lowest BCUT2D eigenvalue weighted by atomic mass is 10.1. The Bertz CT molecular complexity index is 1190. The third-order valence-corrected chi connectivity index (χ3v) is 6.76. The van der Waals surface area contributed by atoms with Crippen molar-refractivity contribution >= 4 is 27.3 Å². The lowest BCUT2D eigenvalue weighted by Crippen LogP contribution is -2.27. The van der Waals surface area contributed by atoms with Crippen LogP contribution in [-0.4, -0.2) is 27.4 Å². The fourth-order valence-corrected chi connectivity index (χ4v) is 4.77. The Morgan fingerprint density at radius 3 is 2.31 bits per heavy atom. The Balaban J connectivity index is 1.60. The number of carbonyl (C=O) groups is 1. The van der Waals surface area contributed by atoms with E-state index in [0.29, 0.717) is 12.1 Å². The smallest absolute Gasteiger partial charge is 0.261 e. The van der Waals surface area contributed by atoms with Gasteiger partial charge in [-0.3, -0.25) is 9.52 Å². The third-order valence-electron chi connectivity index (χ3n) is 5.36. The molecule has 1 aliphatic heterocycles. The molecule has 1 aliphatic rings. The van der Waals surface area contributed by atoms with E-state index in [-0.39, 0.29) is 16.5 Å². The van der Waals surface area contributed by atoms with Crippen LogP contribution < -0.4 is 14.9 Å². The second kappa shape index (κ2) is 9.40. The first-order valence-electron chi connectivity index (χ1n) is 10.4. The average molecular weight is 454 g/mol. The number of nitrogens with one attached hydrogen (secondary N) is 2. The highest BCUT2D eigenvalue weighted by Crippen LogP contribution is 2.28. The fraction of sp³-hybridized carbons (Fsp3) is 0.208. The van der Waals surface area contributed by atoms with Gasteiger partial charge < -0.3 is 10.2 Å². The maximum atomic E-state index is 13.2. The molecule has 8 heteroatoms. The van der Waals surface area contributed by atoms with Gasteiger partial charge in [0.05, 0.1) is 10.5 Å². The molecule has 4 rings (SSSR count). The highest BCUT2D eigenvalue weighted by Gasteiger charge is 2.22. The van der Waals surface area contributed by atoms with Crippen molar-refractivity contribution in [1.82, 2.24) is 5.32 Å². The van der Waals surface area contributed by atoms with E-state index < -0.39 is 15.8 Å². The van der Waals surface area contributed by atoms with Crippen LogP contribution in [0.3, 0.4) is 0 Å². The Hall–Kier alpha value is -3.39. The minimum absolute atomic E-state index is 0.0578. The molecule has 0 saturated carbocycles. The van der Waals surface area contributed by atoms with Gasteiger partial charge in [-0.2, -0.15) is 0 Å². The van der Waals surface area contributed by atoms with Gasteiger partial charge in [-0.25, -0.2) is 12.8 Å². The second-order valence-corrected chi connectivity index (χ2v) is 9.34. The highest BCUT2D eigenvalue weighted by molar-refractivity contribution is 7.92. The van der Waals surface area contributed by atoms with Crippen LogP contribution >= 0.6 is 0 Å². The molecule has 1 heterocycles. The van der Waals surface area contributed by atoms with Crippen LogP contribution in [0, 0.1) is 5.82 Å². The lowest BCUT2D eigenvalue weighted by Gasteiger charge is -2.22. The molecule has 6 nitrogen and oxygen atoms in total. The maximum Gasteiger partial charge on any atom is 0.261 e. The number of hydrogen-bond donors (Lipinski definition) is 2. The summed E-state index contributed by atoms with van der Waals surface area (Å²) in [6.07, 6.45) is 2.09. The standard InChI is InChI=1S/C24H24FN3O3S/c25-19-8-11-21(12-9-19)32(30,31)27-20-10-13-23(28-14-4-5-15-28)22(16-20)24(29)26-17-18-6-2-1-3-7-18/h1-3,6-13,16,27H,4-5,14-15,17H2,(H,26,29). The van der Waals surface area contributed by atoms with Crippen LogP contribution in [0.1, 0.15) is 28.8 Å². The molecule has 0 bridgehead atoms. The zero-order valence-corrected chi connectivity index (χ0v) is 18.2. The van der Waals surface area contributed by atoms with Crippen molar-refractivity contribution in [2.24, 2.45) is 0 Å². The molecule has 166 valence electrons. The minimum Gasteiger partial charge on any atom is -0.371 e. The Labute approximate surface area is 187 Å². The van der Waals surface area contributed by atoms with E-state index in [1.807, 2.05) is 30.3 Å². The van der Waals surface area contributed by atoms with Crippen LogP contribution in [0.5, 0.6) is 0 Å². The molecule has 1 amide bonds. The van der Waals surface area contributed by atoms with Crippen molar-refractivity contribution in [3.05, 3.63) is 89.7 Å². The van der Waals surface area contributed by atoms with Crippen LogP contribution in [0.25, 0.3) is 0 Å². The largest absolute Gasteiger partial charge is 0.371 e. The molecule has 3 aromatic carbocycles. The molecule has 2 N–H and O–H groups in total. The highest BCUT2D eigenvalue weighted by atomic mass is 32.2. The number of rotatable bonds is 7. The van der Waals surface area contributed by atoms with Crippen molar-refractivity contribution in [2.75, 3.05) is 22.7 Å². The molecular formula is C24H24FN3O3S. The van der Waals surface area contributed by atoms with E-state index in [4.69, 9.17) is 0 Å². The Morgan fingerprint density at radius 1 is 0.938 bits per heavy atom. The summed E-state index contributed by atoms with van der Waals surface area (Å²) in [7, 11) is -3.92. The molecule has 0 unspecified atom stereocenters. The van der Waals surface area contributed by atoms with Gasteiger partial charge in [0.2, 0.25) is 0 Å². The zero-order valence-electron chi connectivity index (χ0n) is 17.4. The van der Waals surface area contributed by atoms with Crippen molar-refractivity contribution in [1.29, 1.82) is 0 Å². The van der Waals surface area contributed by atoms with Crippen LogP contribution in [-0.2, 0) is 16.6 Å². The first kappa shape index (κ1) is 21.8. The van der Waals surface area contributed by atoms with Crippen LogP contribution in [0.15, 0.2) is 77.7 Å². The molecule has 0 atom stereocenters. The molecule has 3 aromatic rings. The normalized spacial score (nSPS) is 13.7. The summed E-state index contributed by atoms with van der Waals surface area (Å²) in [5.41, 5.74) is 2.42.